The summed E-state index contributed by atoms with van der Waals surface area (Å²) in [5.41, 5.74) is 0.945. The Morgan fingerprint density at radius 3 is 2.62 bits per heavy atom. The first-order chi connectivity index (χ1) is 11.6. The third-order valence-electron chi connectivity index (χ3n) is 4.67. The molecule has 1 heterocycles. The Hall–Kier alpha value is -2.20. The van der Waals surface area contributed by atoms with Crippen molar-refractivity contribution in [3.8, 4) is 11.4 Å². The molecule has 0 amide bonds. The number of benzene rings is 2. The zero-order valence-electron chi connectivity index (χ0n) is 13.0. The van der Waals surface area contributed by atoms with Crippen LogP contribution in [0, 0.1) is 5.82 Å². The highest BCUT2D eigenvalue weighted by Gasteiger charge is 2.24. The summed E-state index contributed by atoms with van der Waals surface area (Å²) in [6.45, 7) is 0. The maximum atomic E-state index is 13.6. The lowest BCUT2D eigenvalue weighted by molar-refractivity contribution is 0.505. The van der Waals surface area contributed by atoms with Crippen LogP contribution in [0.3, 0.4) is 0 Å². The Balaban J connectivity index is 2.07. The summed E-state index contributed by atoms with van der Waals surface area (Å²) >= 11 is 6.34. The summed E-state index contributed by atoms with van der Waals surface area (Å²) in [5, 5.41) is 0.978. The second kappa shape index (κ2) is 6.02. The van der Waals surface area contributed by atoms with Crippen molar-refractivity contribution in [2.24, 2.45) is 0 Å². The molecule has 1 aliphatic rings. The minimum Gasteiger partial charge on any atom is -0.289 e. The fourth-order valence-corrected chi connectivity index (χ4v) is 3.73. The standard InChI is InChI=1S/C19H16ClFN2O/c20-16-8-4-3-7-14(16)18-22-17-11-12(21)9-10-15(17)19(24)23(18)13-5-1-2-6-13/h3-4,7-11,13H,1-2,5-6H2. The van der Waals surface area contributed by atoms with Gasteiger partial charge in [0.2, 0.25) is 0 Å². The molecular weight excluding hydrogens is 327 g/mol. The quantitative estimate of drug-likeness (QED) is 0.659. The molecule has 4 rings (SSSR count). The second-order valence-electron chi connectivity index (χ2n) is 6.19. The van der Waals surface area contributed by atoms with Crippen molar-refractivity contribution in [1.29, 1.82) is 0 Å². The van der Waals surface area contributed by atoms with Gasteiger partial charge < -0.3 is 0 Å². The molecule has 0 aliphatic heterocycles. The van der Waals surface area contributed by atoms with Crippen LogP contribution in [-0.4, -0.2) is 9.55 Å². The number of hydrogen-bond donors (Lipinski definition) is 0. The maximum Gasteiger partial charge on any atom is 0.261 e. The van der Waals surface area contributed by atoms with Crippen LogP contribution in [0.15, 0.2) is 47.3 Å². The largest absolute Gasteiger partial charge is 0.289 e. The summed E-state index contributed by atoms with van der Waals surface area (Å²) in [5.74, 6) is 0.119. The Labute approximate surface area is 143 Å². The Kier molecular flexibility index (Phi) is 3.85. The summed E-state index contributed by atoms with van der Waals surface area (Å²) in [4.78, 5) is 17.7. The number of hydrogen-bond acceptors (Lipinski definition) is 2. The van der Waals surface area contributed by atoms with Crippen molar-refractivity contribution in [3.63, 3.8) is 0 Å². The summed E-state index contributed by atoms with van der Waals surface area (Å²) in [6.07, 6.45) is 4.10. The summed E-state index contributed by atoms with van der Waals surface area (Å²) in [7, 11) is 0. The molecule has 0 spiro atoms. The van der Waals surface area contributed by atoms with E-state index in [2.05, 4.69) is 4.98 Å². The van der Waals surface area contributed by atoms with E-state index < -0.39 is 5.82 Å². The number of fused-ring (bicyclic) bond motifs is 1. The van der Waals surface area contributed by atoms with E-state index in [9.17, 15) is 9.18 Å². The smallest absolute Gasteiger partial charge is 0.261 e. The molecule has 3 nitrogen and oxygen atoms in total. The van der Waals surface area contributed by atoms with E-state index in [0.717, 1.165) is 25.7 Å². The van der Waals surface area contributed by atoms with E-state index in [1.54, 1.807) is 10.6 Å². The van der Waals surface area contributed by atoms with Crippen molar-refractivity contribution < 1.29 is 4.39 Å². The SMILES string of the molecule is O=c1c2ccc(F)cc2nc(-c2ccccc2Cl)n1C1CCCC1. The van der Waals surface area contributed by atoms with Crippen LogP contribution in [0.5, 0.6) is 0 Å². The van der Waals surface area contributed by atoms with Crippen LogP contribution in [0.2, 0.25) is 5.02 Å². The van der Waals surface area contributed by atoms with Gasteiger partial charge in [0.25, 0.3) is 5.56 Å². The number of rotatable bonds is 2. The molecule has 0 N–H and O–H groups in total. The zero-order valence-corrected chi connectivity index (χ0v) is 13.8. The molecule has 2 aromatic carbocycles. The van der Waals surface area contributed by atoms with Gasteiger partial charge >= 0.3 is 0 Å². The Bertz CT molecular complexity index is 977. The van der Waals surface area contributed by atoms with Gasteiger partial charge in [-0.2, -0.15) is 0 Å². The molecule has 0 unspecified atom stereocenters. The van der Waals surface area contributed by atoms with Gasteiger partial charge in [-0.15, -0.1) is 0 Å². The number of aromatic nitrogens is 2. The zero-order chi connectivity index (χ0) is 16.7. The van der Waals surface area contributed by atoms with Crippen LogP contribution in [0.25, 0.3) is 22.3 Å². The van der Waals surface area contributed by atoms with Crippen molar-refractivity contribution in [2.45, 2.75) is 31.7 Å². The lowest BCUT2D eigenvalue weighted by Crippen LogP contribution is -2.26. The lowest BCUT2D eigenvalue weighted by atomic mass is 10.1. The average molecular weight is 343 g/mol. The van der Waals surface area contributed by atoms with Crippen molar-refractivity contribution in [3.05, 3.63) is 63.7 Å². The number of halogens is 2. The van der Waals surface area contributed by atoms with Crippen LogP contribution >= 0.6 is 11.6 Å². The molecule has 0 saturated heterocycles. The Morgan fingerprint density at radius 2 is 1.88 bits per heavy atom. The second-order valence-corrected chi connectivity index (χ2v) is 6.60. The van der Waals surface area contributed by atoms with Crippen LogP contribution in [0.4, 0.5) is 4.39 Å². The summed E-state index contributed by atoms with van der Waals surface area (Å²) in [6, 6.07) is 11.6. The van der Waals surface area contributed by atoms with E-state index in [0.29, 0.717) is 27.3 Å². The van der Waals surface area contributed by atoms with Gasteiger partial charge in [-0.05, 0) is 37.1 Å². The van der Waals surface area contributed by atoms with Crippen molar-refractivity contribution in [1.82, 2.24) is 9.55 Å². The molecule has 5 heteroatoms. The van der Waals surface area contributed by atoms with Gasteiger partial charge in [-0.1, -0.05) is 36.6 Å². The van der Waals surface area contributed by atoms with Crippen molar-refractivity contribution >= 4 is 22.5 Å². The number of nitrogens with zero attached hydrogens (tertiary/aromatic N) is 2. The first kappa shape index (κ1) is 15.3. The molecule has 0 radical (unpaired) electrons. The van der Waals surface area contributed by atoms with E-state index >= 15 is 0 Å². The minimum absolute atomic E-state index is 0.116. The van der Waals surface area contributed by atoms with E-state index in [1.165, 1.54) is 18.2 Å². The van der Waals surface area contributed by atoms with Crippen molar-refractivity contribution in [2.75, 3.05) is 0 Å². The Morgan fingerprint density at radius 1 is 1.12 bits per heavy atom. The van der Waals surface area contributed by atoms with Gasteiger partial charge in [0.05, 0.1) is 15.9 Å². The van der Waals surface area contributed by atoms with E-state index in [1.807, 2.05) is 18.2 Å². The molecule has 1 aromatic heterocycles. The van der Waals surface area contributed by atoms with Gasteiger partial charge in [-0.3, -0.25) is 9.36 Å². The van der Waals surface area contributed by atoms with Gasteiger partial charge in [-0.25, -0.2) is 9.37 Å². The highest BCUT2D eigenvalue weighted by Crippen LogP contribution is 2.34. The van der Waals surface area contributed by atoms with Crippen LogP contribution in [0.1, 0.15) is 31.7 Å². The highest BCUT2D eigenvalue weighted by atomic mass is 35.5. The molecule has 0 atom stereocenters. The molecule has 3 aromatic rings. The molecule has 1 saturated carbocycles. The van der Waals surface area contributed by atoms with Gasteiger partial charge in [0, 0.05) is 17.7 Å². The molecule has 1 aliphatic carbocycles. The van der Waals surface area contributed by atoms with E-state index in [4.69, 9.17) is 11.6 Å². The fourth-order valence-electron chi connectivity index (χ4n) is 3.51. The van der Waals surface area contributed by atoms with Gasteiger partial charge in [0.15, 0.2) is 0 Å². The van der Waals surface area contributed by atoms with Gasteiger partial charge in [0.1, 0.15) is 11.6 Å². The molecule has 0 bridgehead atoms. The van der Waals surface area contributed by atoms with E-state index in [-0.39, 0.29) is 11.6 Å². The normalized spacial score (nSPS) is 15.2. The third kappa shape index (κ3) is 2.51. The highest BCUT2D eigenvalue weighted by molar-refractivity contribution is 6.33. The van der Waals surface area contributed by atoms with Crippen LogP contribution in [-0.2, 0) is 0 Å². The first-order valence-electron chi connectivity index (χ1n) is 8.12. The molecular formula is C19H16ClFN2O. The summed E-state index contributed by atoms with van der Waals surface area (Å²) < 4.78 is 15.4. The van der Waals surface area contributed by atoms with Crippen LogP contribution < -0.4 is 5.56 Å². The molecule has 24 heavy (non-hydrogen) atoms. The minimum atomic E-state index is -0.405. The first-order valence-corrected chi connectivity index (χ1v) is 8.49. The maximum absolute atomic E-state index is 13.6. The molecule has 1 fully saturated rings. The predicted octanol–water partition coefficient (Wildman–Crippen LogP) is 4.97. The molecule has 122 valence electrons. The average Bonchev–Trinajstić information content (AvgIpc) is 3.09. The third-order valence-corrected chi connectivity index (χ3v) is 5.00. The topological polar surface area (TPSA) is 34.9 Å². The fraction of sp³-hybridized carbons (Fsp3) is 0.263. The lowest BCUT2D eigenvalue weighted by Gasteiger charge is -2.19. The predicted molar refractivity (Wildman–Crippen MR) is 93.9 cm³/mol. The monoisotopic (exact) mass is 342 g/mol.